The van der Waals surface area contributed by atoms with E-state index in [2.05, 4.69) is 39.4 Å². The Morgan fingerprint density at radius 3 is 2.71 bits per heavy atom. The Kier molecular flexibility index (Phi) is 5.56. The van der Waals surface area contributed by atoms with E-state index >= 15 is 0 Å². The van der Waals surface area contributed by atoms with Crippen LogP contribution in [0.1, 0.15) is 51.4 Å². The summed E-state index contributed by atoms with van der Waals surface area (Å²) in [4.78, 5) is 21.8. The molecular formula is C18H30N4O2. The van der Waals surface area contributed by atoms with Crippen molar-refractivity contribution in [2.24, 2.45) is 0 Å². The number of piperidine rings is 1. The van der Waals surface area contributed by atoms with Crippen LogP contribution >= 0.6 is 0 Å². The van der Waals surface area contributed by atoms with Gasteiger partial charge in [-0.3, -0.25) is 9.69 Å². The fourth-order valence-electron chi connectivity index (χ4n) is 3.85. The Balaban J connectivity index is 1.66. The third kappa shape index (κ3) is 3.64. The second-order valence-corrected chi connectivity index (χ2v) is 7.25. The molecule has 2 aliphatic rings. The van der Waals surface area contributed by atoms with E-state index in [0.717, 1.165) is 58.1 Å². The summed E-state index contributed by atoms with van der Waals surface area (Å²) in [5.74, 6) is 1.78. The predicted molar refractivity (Wildman–Crippen MR) is 93.0 cm³/mol. The first-order chi connectivity index (χ1) is 11.6. The van der Waals surface area contributed by atoms with Gasteiger partial charge in [0.1, 0.15) is 5.82 Å². The average Bonchev–Trinajstić information content (AvgIpc) is 3.11. The van der Waals surface area contributed by atoms with E-state index in [-0.39, 0.29) is 11.9 Å². The first kappa shape index (κ1) is 17.4. The number of rotatable bonds is 4. The fraction of sp³-hybridized carbons (Fsp3) is 0.778. The third-order valence-corrected chi connectivity index (χ3v) is 5.27. The number of likely N-dealkylation sites (tertiary alicyclic amines) is 1. The van der Waals surface area contributed by atoms with E-state index in [1.807, 2.05) is 13.1 Å². The van der Waals surface area contributed by atoms with Crippen molar-refractivity contribution in [2.45, 2.75) is 51.6 Å². The second-order valence-electron chi connectivity index (χ2n) is 7.25. The molecule has 3 heterocycles. The minimum Gasteiger partial charge on any atom is -0.379 e. The summed E-state index contributed by atoms with van der Waals surface area (Å²) in [6, 6.07) is 0.291. The van der Waals surface area contributed by atoms with E-state index in [9.17, 15) is 4.79 Å². The van der Waals surface area contributed by atoms with Gasteiger partial charge < -0.3 is 14.2 Å². The summed E-state index contributed by atoms with van der Waals surface area (Å²) >= 11 is 0. The van der Waals surface area contributed by atoms with Gasteiger partial charge in [-0.05, 0) is 19.8 Å². The van der Waals surface area contributed by atoms with Crippen molar-refractivity contribution < 1.29 is 9.53 Å². The van der Waals surface area contributed by atoms with Crippen LogP contribution in [0.25, 0.3) is 0 Å². The van der Waals surface area contributed by atoms with Crippen LogP contribution in [0.2, 0.25) is 0 Å². The van der Waals surface area contributed by atoms with Gasteiger partial charge in [-0.1, -0.05) is 13.8 Å². The van der Waals surface area contributed by atoms with Crippen molar-refractivity contribution in [2.75, 3.05) is 39.4 Å². The van der Waals surface area contributed by atoms with Crippen LogP contribution in [0.5, 0.6) is 0 Å². The number of carbonyl (C=O) groups excluding carboxylic acids is 1. The highest BCUT2D eigenvalue weighted by atomic mass is 16.5. The van der Waals surface area contributed by atoms with Crippen molar-refractivity contribution in [3.63, 3.8) is 0 Å². The highest BCUT2D eigenvalue weighted by Crippen LogP contribution is 2.26. The smallest absolute Gasteiger partial charge is 0.239 e. The lowest BCUT2D eigenvalue weighted by Gasteiger charge is -2.39. The van der Waals surface area contributed by atoms with E-state index in [1.54, 1.807) is 0 Å². The van der Waals surface area contributed by atoms with Gasteiger partial charge in [0.2, 0.25) is 5.91 Å². The van der Waals surface area contributed by atoms with Crippen LogP contribution in [0, 0.1) is 0 Å². The Morgan fingerprint density at radius 1 is 1.25 bits per heavy atom. The maximum atomic E-state index is 12.9. The molecule has 134 valence electrons. The van der Waals surface area contributed by atoms with Crippen molar-refractivity contribution in [1.29, 1.82) is 0 Å². The molecule has 1 aromatic heterocycles. The Morgan fingerprint density at radius 2 is 2.00 bits per heavy atom. The largest absolute Gasteiger partial charge is 0.379 e. The molecule has 2 aliphatic heterocycles. The number of morpholine rings is 1. The minimum absolute atomic E-state index is 0.0555. The molecule has 0 N–H and O–H groups in total. The van der Waals surface area contributed by atoms with Crippen LogP contribution in [0.3, 0.4) is 0 Å². The normalized spacial score (nSPS) is 24.3. The standard InChI is InChI=1S/C18H30N4O2/c1-14(2)17-19-6-8-22(17)16-5-4-7-21(13-16)18(23)15(3)20-9-11-24-12-10-20/h6,8,14-16H,4-5,7,9-13H2,1-3H3/t15-,16-/m1/s1. The fourth-order valence-corrected chi connectivity index (χ4v) is 3.85. The predicted octanol–water partition coefficient (Wildman–Crippen LogP) is 1.89. The van der Waals surface area contributed by atoms with Crippen LogP contribution in [0.4, 0.5) is 0 Å². The zero-order valence-corrected chi connectivity index (χ0v) is 15.1. The van der Waals surface area contributed by atoms with Gasteiger partial charge in [0.15, 0.2) is 0 Å². The van der Waals surface area contributed by atoms with Crippen LogP contribution in [-0.4, -0.2) is 70.7 Å². The lowest BCUT2D eigenvalue weighted by atomic mass is 10.0. The average molecular weight is 334 g/mol. The molecule has 0 radical (unpaired) electrons. The van der Waals surface area contributed by atoms with Crippen LogP contribution < -0.4 is 0 Å². The van der Waals surface area contributed by atoms with Gasteiger partial charge >= 0.3 is 0 Å². The molecule has 24 heavy (non-hydrogen) atoms. The molecule has 6 nitrogen and oxygen atoms in total. The zero-order valence-electron chi connectivity index (χ0n) is 15.1. The van der Waals surface area contributed by atoms with Crippen molar-refractivity contribution in [3.05, 3.63) is 18.2 Å². The molecule has 0 bridgehead atoms. The first-order valence-corrected chi connectivity index (χ1v) is 9.21. The molecule has 0 aromatic carbocycles. The number of carbonyl (C=O) groups is 1. The molecule has 0 aliphatic carbocycles. The molecule has 2 atom stereocenters. The summed E-state index contributed by atoms with van der Waals surface area (Å²) in [5.41, 5.74) is 0. The summed E-state index contributed by atoms with van der Waals surface area (Å²) in [6.07, 6.45) is 6.12. The third-order valence-electron chi connectivity index (χ3n) is 5.27. The van der Waals surface area contributed by atoms with Gasteiger partial charge in [-0.15, -0.1) is 0 Å². The van der Waals surface area contributed by atoms with E-state index in [4.69, 9.17) is 4.74 Å². The highest BCUT2D eigenvalue weighted by Gasteiger charge is 2.31. The lowest BCUT2D eigenvalue weighted by Crippen LogP contribution is -2.53. The number of ether oxygens (including phenoxy) is 1. The minimum atomic E-state index is -0.0555. The Bertz CT molecular complexity index is 551. The molecule has 2 fully saturated rings. The zero-order chi connectivity index (χ0) is 17.1. The molecule has 0 unspecified atom stereocenters. The summed E-state index contributed by atoms with van der Waals surface area (Å²) in [7, 11) is 0. The molecule has 6 heteroatoms. The van der Waals surface area contributed by atoms with Gasteiger partial charge in [0.25, 0.3) is 0 Å². The van der Waals surface area contributed by atoms with Gasteiger partial charge in [0, 0.05) is 44.5 Å². The number of nitrogens with zero attached hydrogens (tertiary/aromatic N) is 4. The van der Waals surface area contributed by atoms with E-state index in [1.165, 1.54) is 0 Å². The van der Waals surface area contributed by atoms with E-state index in [0.29, 0.717) is 12.0 Å². The number of aromatic nitrogens is 2. The molecule has 3 rings (SSSR count). The van der Waals surface area contributed by atoms with Crippen molar-refractivity contribution >= 4 is 5.91 Å². The summed E-state index contributed by atoms with van der Waals surface area (Å²) < 4.78 is 7.68. The molecule has 1 aromatic rings. The van der Waals surface area contributed by atoms with Gasteiger partial charge in [-0.2, -0.15) is 0 Å². The lowest BCUT2D eigenvalue weighted by molar-refractivity contribution is -0.139. The van der Waals surface area contributed by atoms with E-state index < -0.39 is 0 Å². The first-order valence-electron chi connectivity index (χ1n) is 9.21. The molecule has 0 spiro atoms. The Hall–Kier alpha value is -1.40. The summed E-state index contributed by atoms with van der Waals surface area (Å²) in [6.45, 7) is 11.2. The summed E-state index contributed by atoms with van der Waals surface area (Å²) in [5, 5.41) is 0. The molecular weight excluding hydrogens is 304 g/mol. The van der Waals surface area contributed by atoms with Crippen molar-refractivity contribution in [3.8, 4) is 0 Å². The maximum Gasteiger partial charge on any atom is 0.239 e. The monoisotopic (exact) mass is 334 g/mol. The maximum absolute atomic E-state index is 12.9. The second kappa shape index (κ2) is 7.66. The van der Waals surface area contributed by atoms with Gasteiger partial charge in [-0.25, -0.2) is 4.98 Å². The van der Waals surface area contributed by atoms with Crippen LogP contribution in [0.15, 0.2) is 12.4 Å². The quantitative estimate of drug-likeness (QED) is 0.844. The number of imidazole rings is 1. The van der Waals surface area contributed by atoms with Gasteiger partial charge in [0.05, 0.1) is 25.3 Å². The Labute approximate surface area is 144 Å². The number of hydrogen-bond donors (Lipinski definition) is 0. The number of amides is 1. The highest BCUT2D eigenvalue weighted by molar-refractivity contribution is 5.81. The molecule has 0 saturated carbocycles. The number of hydrogen-bond acceptors (Lipinski definition) is 4. The topological polar surface area (TPSA) is 50.6 Å². The SMILES string of the molecule is CC(C)c1nccn1[C@@H]1CCCN(C(=O)[C@@H](C)N2CCOCC2)C1. The molecule has 2 saturated heterocycles. The van der Waals surface area contributed by atoms with Crippen LogP contribution in [-0.2, 0) is 9.53 Å². The van der Waals surface area contributed by atoms with Crippen molar-refractivity contribution in [1.82, 2.24) is 19.4 Å². The molecule has 1 amide bonds.